The maximum Gasteiger partial charge on any atom is 0.0537 e. The van der Waals surface area contributed by atoms with Gasteiger partial charge in [0.15, 0.2) is 0 Å². The highest BCUT2D eigenvalue weighted by atomic mass is 15.3. The zero-order valence-corrected chi connectivity index (χ0v) is 12.2. The number of hydrogen-bond donors (Lipinski definition) is 1. The summed E-state index contributed by atoms with van der Waals surface area (Å²) in [5, 5.41) is 7.90. The van der Waals surface area contributed by atoms with Gasteiger partial charge >= 0.3 is 0 Å². The van der Waals surface area contributed by atoms with Gasteiger partial charge in [-0.3, -0.25) is 9.58 Å². The Hall–Kier alpha value is -0.870. The zero-order chi connectivity index (χ0) is 13.2. The van der Waals surface area contributed by atoms with Crippen molar-refractivity contribution in [3.63, 3.8) is 0 Å². The van der Waals surface area contributed by atoms with Crippen LogP contribution in [0, 0.1) is 5.92 Å². The molecule has 4 nitrogen and oxygen atoms in total. The molecule has 1 saturated heterocycles. The van der Waals surface area contributed by atoms with Crippen LogP contribution in [0.4, 0.5) is 0 Å². The molecule has 1 aromatic rings. The van der Waals surface area contributed by atoms with Crippen molar-refractivity contribution in [2.75, 3.05) is 20.1 Å². The molecule has 2 atom stereocenters. The molecule has 2 unspecified atom stereocenters. The van der Waals surface area contributed by atoms with Crippen molar-refractivity contribution in [3.8, 4) is 0 Å². The van der Waals surface area contributed by atoms with Crippen LogP contribution in [0.15, 0.2) is 12.4 Å². The van der Waals surface area contributed by atoms with Crippen LogP contribution in [-0.2, 0) is 6.54 Å². The van der Waals surface area contributed by atoms with E-state index in [0.717, 1.165) is 31.5 Å². The largest absolute Gasteiger partial charge is 0.319 e. The molecule has 2 heterocycles. The molecule has 0 bridgehead atoms. The molecule has 1 N–H and O–H groups in total. The monoisotopic (exact) mass is 262 g/mol. The number of aromatic nitrogens is 2. The number of likely N-dealkylation sites (tertiary alicyclic amines) is 1. The Balaban J connectivity index is 1.79. The minimum absolute atomic E-state index is 0.588. The molecule has 1 aliphatic carbocycles. The Morgan fingerprint density at radius 3 is 2.89 bits per heavy atom. The third-order valence-corrected chi connectivity index (χ3v) is 4.49. The normalized spacial score (nSPS) is 28.1. The van der Waals surface area contributed by atoms with Crippen LogP contribution in [-0.4, -0.2) is 40.9 Å². The number of rotatable bonds is 6. The van der Waals surface area contributed by atoms with E-state index in [-0.39, 0.29) is 0 Å². The molecule has 106 valence electrons. The summed E-state index contributed by atoms with van der Waals surface area (Å²) in [6, 6.07) is 1.44. The fourth-order valence-electron chi connectivity index (χ4n) is 3.52. The highest BCUT2D eigenvalue weighted by Gasteiger charge is 2.42. The van der Waals surface area contributed by atoms with E-state index >= 15 is 0 Å². The van der Waals surface area contributed by atoms with Gasteiger partial charge in [0, 0.05) is 30.4 Å². The maximum absolute atomic E-state index is 4.53. The first kappa shape index (κ1) is 13.1. The smallest absolute Gasteiger partial charge is 0.0537 e. The second-order valence-corrected chi connectivity index (χ2v) is 6.06. The molecular formula is C15H26N4. The Morgan fingerprint density at radius 1 is 1.37 bits per heavy atom. The SMILES string of the molecule is CCCn1cc(C2C(CNC)CCN2C2CC2)cn1. The predicted molar refractivity (Wildman–Crippen MR) is 77.0 cm³/mol. The van der Waals surface area contributed by atoms with Crippen molar-refractivity contribution < 1.29 is 0 Å². The van der Waals surface area contributed by atoms with Gasteiger partial charge < -0.3 is 5.32 Å². The molecular weight excluding hydrogens is 236 g/mol. The molecule has 0 spiro atoms. The van der Waals surface area contributed by atoms with Crippen molar-refractivity contribution in [2.24, 2.45) is 5.92 Å². The van der Waals surface area contributed by atoms with Gasteiger partial charge in [-0.1, -0.05) is 6.92 Å². The quantitative estimate of drug-likeness (QED) is 0.851. The molecule has 19 heavy (non-hydrogen) atoms. The van der Waals surface area contributed by atoms with E-state index in [9.17, 15) is 0 Å². The van der Waals surface area contributed by atoms with Crippen LogP contribution in [0.2, 0.25) is 0 Å². The van der Waals surface area contributed by atoms with Crippen LogP contribution in [0.3, 0.4) is 0 Å². The zero-order valence-electron chi connectivity index (χ0n) is 12.2. The van der Waals surface area contributed by atoms with Gasteiger partial charge in [-0.15, -0.1) is 0 Å². The van der Waals surface area contributed by atoms with Crippen molar-refractivity contribution in [3.05, 3.63) is 18.0 Å². The second kappa shape index (κ2) is 5.63. The average molecular weight is 262 g/mol. The van der Waals surface area contributed by atoms with Crippen LogP contribution >= 0.6 is 0 Å². The summed E-state index contributed by atoms with van der Waals surface area (Å²) < 4.78 is 2.11. The molecule has 1 aliphatic heterocycles. The topological polar surface area (TPSA) is 33.1 Å². The summed E-state index contributed by atoms with van der Waals surface area (Å²) in [6.07, 6.45) is 9.64. The lowest BCUT2D eigenvalue weighted by molar-refractivity contribution is 0.217. The summed E-state index contributed by atoms with van der Waals surface area (Å²) >= 11 is 0. The summed E-state index contributed by atoms with van der Waals surface area (Å²) in [7, 11) is 2.07. The Kier molecular flexibility index (Phi) is 3.89. The Labute approximate surface area is 116 Å². The molecule has 2 fully saturated rings. The first-order chi connectivity index (χ1) is 9.33. The highest BCUT2D eigenvalue weighted by molar-refractivity contribution is 5.16. The fraction of sp³-hybridized carbons (Fsp3) is 0.800. The van der Waals surface area contributed by atoms with E-state index in [0.29, 0.717) is 6.04 Å². The molecule has 3 rings (SSSR count). The number of aryl methyl sites for hydroxylation is 1. The first-order valence-electron chi connectivity index (χ1n) is 7.76. The molecule has 2 aliphatic rings. The van der Waals surface area contributed by atoms with Gasteiger partial charge in [-0.2, -0.15) is 5.10 Å². The van der Waals surface area contributed by atoms with Crippen LogP contribution in [0.25, 0.3) is 0 Å². The second-order valence-electron chi connectivity index (χ2n) is 6.06. The van der Waals surface area contributed by atoms with Crippen LogP contribution < -0.4 is 5.32 Å². The Morgan fingerprint density at radius 2 is 2.21 bits per heavy atom. The van der Waals surface area contributed by atoms with Gasteiger partial charge in [-0.25, -0.2) is 0 Å². The third kappa shape index (κ3) is 2.70. The summed E-state index contributed by atoms with van der Waals surface area (Å²) in [4.78, 5) is 2.73. The van der Waals surface area contributed by atoms with Crippen LogP contribution in [0.5, 0.6) is 0 Å². The van der Waals surface area contributed by atoms with Crippen molar-refractivity contribution in [1.29, 1.82) is 0 Å². The summed E-state index contributed by atoms with van der Waals surface area (Å²) in [5.74, 6) is 0.741. The molecule has 0 aromatic carbocycles. The Bertz CT molecular complexity index is 410. The minimum Gasteiger partial charge on any atom is -0.319 e. The minimum atomic E-state index is 0.588. The van der Waals surface area contributed by atoms with Crippen LogP contribution in [0.1, 0.15) is 44.2 Å². The predicted octanol–water partition coefficient (Wildman–Crippen LogP) is 2.04. The molecule has 4 heteroatoms. The lowest BCUT2D eigenvalue weighted by Gasteiger charge is -2.27. The van der Waals surface area contributed by atoms with Gasteiger partial charge in [0.2, 0.25) is 0 Å². The summed E-state index contributed by atoms with van der Waals surface area (Å²) in [5.41, 5.74) is 1.43. The van der Waals surface area contributed by atoms with Gasteiger partial charge in [-0.05, 0) is 51.7 Å². The number of nitrogens with one attached hydrogen (secondary N) is 1. The van der Waals surface area contributed by atoms with E-state index in [2.05, 4.69) is 46.4 Å². The van der Waals surface area contributed by atoms with Crippen molar-refractivity contribution >= 4 is 0 Å². The van der Waals surface area contributed by atoms with Gasteiger partial charge in [0.25, 0.3) is 0 Å². The average Bonchev–Trinajstić information content (AvgIpc) is 3.01. The lowest BCUT2D eigenvalue weighted by Crippen LogP contribution is -2.30. The third-order valence-electron chi connectivity index (χ3n) is 4.49. The van der Waals surface area contributed by atoms with Gasteiger partial charge in [0.1, 0.15) is 0 Å². The van der Waals surface area contributed by atoms with Crippen molar-refractivity contribution in [1.82, 2.24) is 20.0 Å². The highest BCUT2D eigenvalue weighted by Crippen LogP contribution is 2.43. The standard InChI is InChI=1S/C15H26N4/c1-3-7-18-11-13(10-17-18)15-12(9-16-2)6-8-19(15)14-4-5-14/h10-12,14-16H,3-9H2,1-2H3. The summed E-state index contributed by atoms with van der Waals surface area (Å²) in [6.45, 7) is 5.62. The molecule has 1 saturated carbocycles. The maximum atomic E-state index is 4.53. The number of hydrogen-bond acceptors (Lipinski definition) is 3. The van der Waals surface area contributed by atoms with Gasteiger partial charge in [0.05, 0.1) is 6.20 Å². The van der Waals surface area contributed by atoms with E-state index < -0.39 is 0 Å². The molecule has 0 radical (unpaired) electrons. The lowest BCUT2D eigenvalue weighted by atomic mass is 9.95. The van der Waals surface area contributed by atoms with E-state index in [1.54, 1.807) is 0 Å². The molecule has 1 aromatic heterocycles. The number of nitrogens with zero attached hydrogens (tertiary/aromatic N) is 3. The van der Waals surface area contributed by atoms with E-state index in [1.807, 2.05) is 0 Å². The first-order valence-corrected chi connectivity index (χ1v) is 7.76. The van der Waals surface area contributed by atoms with E-state index in [1.165, 1.54) is 31.4 Å². The fourth-order valence-corrected chi connectivity index (χ4v) is 3.52. The van der Waals surface area contributed by atoms with E-state index in [4.69, 9.17) is 0 Å². The molecule has 0 amide bonds. The van der Waals surface area contributed by atoms with Crippen molar-refractivity contribution in [2.45, 2.75) is 51.2 Å².